The van der Waals surface area contributed by atoms with E-state index in [1.54, 1.807) is 0 Å². The lowest BCUT2D eigenvalue weighted by atomic mass is 10.3. The summed E-state index contributed by atoms with van der Waals surface area (Å²) in [5.74, 6) is 0.897. The Morgan fingerprint density at radius 3 is 2.73 bits per heavy atom. The van der Waals surface area contributed by atoms with E-state index in [1.807, 2.05) is 38.1 Å². The van der Waals surface area contributed by atoms with E-state index in [0.29, 0.717) is 12.7 Å². The van der Waals surface area contributed by atoms with Gasteiger partial charge in [-0.3, -0.25) is 0 Å². The monoisotopic (exact) mass is 272 g/mol. The maximum absolute atomic E-state index is 5.56. The Bertz CT molecular complexity index is 287. The molecule has 0 atom stereocenters. The number of ether oxygens (including phenoxy) is 2. The van der Waals surface area contributed by atoms with Gasteiger partial charge in [-0.25, -0.2) is 0 Å². The smallest absolute Gasteiger partial charge is 0.120 e. The Kier molecular flexibility index (Phi) is 5.73. The van der Waals surface area contributed by atoms with Crippen LogP contribution in [0.1, 0.15) is 20.3 Å². The molecule has 3 heteroatoms. The molecule has 0 saturated carbocycles. The van der Waals surface area contributed by atoms with Gasteiger partial charge in [0.1, 0.15) is 5.75 Å². The van der Waals surface area contributed by atoms with Gasteiger partial charge < -0.3 is 9.47 Å². The molecule has 0 unspecified atom stereocenters. The highest BCUT2D eigenvalue weighted by Crippen LogP contribution is 2.17. The zero-order valence-corrected chi connectivity index (χ0v) is 10.8. The van der Waals surface area contributed by atoms with Crippen molar-refractivity contribution in [2.75, 3.05) is 13.2 Å². The van der Waals surface area contributed by atoms with Crippen LogP contribution < -0.4 is 4.74 Å². The Labute approximate surface area is 99.7 Å². The topological polar surface area (TPSA) is 18.5 Å². The molecule has 15 heavy (non-hydrogen) atoms. The van der Waals surface area contributed by atoms with Crippen LogP contribution in [0.3, 0.4) is 0 Å². The summed E-state index contributed by atoms with van der Waals surface area (Å²) in [7, 11) is 0. The average molecular weight is 273 g/mol. The van der Waals surface area contributed by atoms with E-state index < -0.39 is 0 Å². The normalized spacial score (nSPS) is 10.7. The van der Waals surface area contributed by atoms with Crippen LogP contribution in [0.2, 0.25) is 0 Å². The maximum Gasteiger partial charge on any atom is 0.120 e. The zero-order chi connectivity index (χ0) is 11.1. The summed E-state index contributed by atoms with van der Waals surface area (Å²) in [6.45, 7) is 5.53. The minimum absolute atomic E-state index is 0.302. The van der Waals surface area contributed by atoms with Crippen LogP contribution >= 0.6 is 15.9 Å². The fourth-order valence-corrected chi connectivity index (χ4v) is 1.50. The van der Waals surface area contributed by atoms with Gasteiger partial charge in [0.15, 0.2) is 0 Å². The number of hydrogen-bond donors (Lipinski definition) is 0. The first kappa shape index (κ1) is 12.5. The minimum Gasteiger partial charge on any atom is -0.493 e. The number of hydrogen-bond acceptors (Lipinski definition) is 2. The summed E-state index contributed by atoms with van der Waals surface area (Å²) in [5.41, 5.74) is 0. The maximum atomic E-state index is 5.56. The first-order valence-electron chi connectivity index (χ1n) is 5.18. The van der Waals surface area contributed by atoms with E-state index in [4.69, 9.17) is 9.47 Å². The van der Waals surface area contributed by atoms with E-state index in [9.17, 15) is 0 Å². The summed E-state index contributed by atoms with van der Waals surface area (Å²) in [5, 5.41) is 0. The average Bonchev–Trinajstić information content (AvgIpc) is 2.17. The fraction of sp³-hybridized carbons (Fsp3) is 0.500. The van der Waals surface area contributed by atoms with Crippen molar-refractivity contribution in [2.45, 2.75) is 26.4 Å². The molecule has 2 nitrogen and oxygen atoms in total. The van der Waals surface area contributed by atoms with Crippen molar-refractivity contribution in [3.05, 3.63) is 28.7 Å². The summed E-state index contributed by atoms with van der Waals surface area (Å²) in [6, 6.07) is 7.86. The van der Waals surface area contributed by atoms with Gasteiger partial charge in [0.25, 0.3) is 0 Å². The van der Waals surface area contributed by atoms with Crippen molar-refractivity contribution < 1.29 is 9.47 Å². The summed E-state index contributed by atoms with van der Waals surface area (Å²) in [4.78, 5) is 0. The lowest BCUT2D eigenvalue weighted by Gasteiger charge is -2.08. The molecular formula is C12H17BrO2. The lowest BCUT2D eigenvalue weighted by molar-refractivity contribution is 0.0694. The van der Waals surface area contributed by atoms with Crippen molar-refractivity contribution in [1.82, 2.24) is 0 Å². The second-order valence-corrected chi connectivity index (χ2v) is 4.49. The molecule has 1 aromatic rings. The first-order valence-corrected chi connectivity index (χ1v) is 5.98. The molecule has 0 aliphatic heterocycles. The van der Waals surface area contributed by atoms with Gasteiger partial charge in [-0.05, 0) is 32.0 Å². The molecule has 84 valence electrons. The molecule has 1 aromatic carbocycles. The lowest BCUT2D eigenvalue weighted by Crippen LogP contribution is -2.07. The van der Waals surface area contributed by atoms with Crippen LogP contribution in [0.5, 0.6) is 5.75 Å². The molecular weight excluding hydrogens is 256 g/mol. The largest absolute Gasteiger partial charge is 0.493 e. The third-order valence-corrected chi connectivity index (χ3v) is 2.30. The van der Waals surface area contributed by atoms with Gasteiger partial charge in [-0.15, -0.1) is 0 Å². The van der Waals surface area contributed by atoms with E-state index in [-0.39, 0.29) is 0 Å². The Hall–Kier alpha value is -0.540. The molecule has 0 spiro atoms. The second kappa shape index (κ2) is 6.85. The van der Waals surface area contributed by atoms with Gasteiger partial charge in [0.05, 0.1) is 19.3 Å². The third kappa shape index (κ3) is 5.80. The van der Waals surface area contributed by atoms with Crippen LogP contribution in [-0.2, 0) is 4.74 Å². The number of halogens is 1. The second-order valence-electron chi connectivity index (χ2n) is 3.58. The van der Waals surface area contributed by atoms with Gasteiger partial charge in [-0.2, -0.15) is 0 Å². The Morgan fingerprint density at radius 2 is 2.07 bits per heavy atom. The van der Waals surface area contributed by atoms with Crippen molar-refractivity contribution in [2.24, 2.45) is 0 Å². The fourth-order valence-electron chi connectivity index (χ4n) is 1.12. The summed E-state index contributed by atoms with van der Waals surface area (Å²) < 4.78 is 12.0. The van der Waals surface area contributed by atoms with Crippen LogP contribution in [-0.4, -0.2) is 19.3 Å². The van der Waals surface area contributed by atoms with Crippen LogP contribution in [0.15, 0.2) is 28.7 Å². The Balaban J connectivity index is 2.15. The summed E-state index contributed by atoms with van der Waals surface area (Å²) >= 11 is 3.40. The molecule has 0 fully saturated rings. The molecule has 0 heterocycles. The molecule has 0 saturated heterocycles. The van der Waals surface area contributed by atoms with Crippen LogP contribution in [0.25, 0.3) is 0 Å². The van der Waals surface area contributed by atoms with Crippen molar-refractivity contribution >= 4 is 15.9 Å². The highest BCUT2D eigenvalue weighted by Gasteiger charge is 1.96. The van der Waals surface area contributed by atoms with Gasteiger partial charge in [0, 0.05) is 10.9 Å². The molecule has 0 N–H and O–H groups in total. The quantitative estimate of drug-likeness (QED) is 0.737. The van der Waals surface area contributed by atoms with Crippen molar-refractivity contribution in [1.29, 1.82) is 0 Å². The molecule has 0 aromatic heterocycles. The molecule has 0 radical (unpaired) electrons. The van der Waals surface area contributed by atoms with Gasteiger partial charge >= 0.3 is 0 Å². The predicted molar refractivity (Wildman–Crippen MR) is 65.3 cm³/mol. The molecule has 0 amide bonds. The SMILES string of the molecule is CC(C)OCCCOc1cccc(Br)c1. The number of rotatable bonds is 6. The van der Waals surface area contributed by atoms with Crippen LogP contribution in [0.4, 0.5) is 0 Å². The molecule has 0 bridgehead atoms. The summed E-state index contributed by atoms with van der Waals surface area (Å²) in [6.07, 6.45) is 1.22. The highest BCUT2D eigenvalue weighted by atomic mass is 79.9. The molecule has 1 rings (SSSR count). The number of benzene rings is 1. The van der Waals surface area contributed by atoms with E-state index >= 15 is 0 Å². The standard InChI is InChI=1S/C12H17BrO2/c1-10(2)14-7-4-8-15-12-6-3-5-11(13)9-12/h3,5-6,9-10H,4,7-8H2,1-2H3. The Morgan fingerprint density at radius 1 is 1.27 bits per heavy atom. The van der Waals surface area contributed by atoms with E-state index in [2.05, 4.69) is 15.9 Å². The minimum atomic E-state index is 0.302. The zero-order valence-electron chi connectivity index (χ0n) is 9.20. The molecule has 0 aliphatic rings. The highest BCUT2D eigenvalue weighted by molar-refractivity contribution is 9.10. The molecule has 0 aliphatic carbocycles. The van der Waals surface area contributed by atoms with Gasteiger partial charge in [0.2, 0.25) is 0 Å². The van der Waals surface area contributed by atoms with E-state index in [1.165, 1.54) is 0 Å². The van der Waals surface area contributed by atoms with Crippen molar-refractivity contribution in [3.8, 4) is 5.75 Å². The van der Waals surface area contributed by atoms with Crippen LogP contribution in [0, 0.1) is 0 Å². The third-order valence-electron chi connectivity index (χ3n) is 1.80. The predicted octanol–water partition coefficient (Wildman–Crippen LogP) is 3.64. The van der Waals surface area contributed by atoms with E-state index in [0.717, 1.165) is 23.2 Å². The van der Waals surface area contributed by atoms with Gasteiger partial charge in [-0.1, -0.05) is 22.0 Å². The van der Waals surface area contributed by atoms with Crippen molar-refractivity contribution in [3.63, 3.8) is 0 Å². The first-order chi connectivity index (χ1) is 7.18.